The van der Waals surface area contributed by atoms with Gasteiger partial charge in [0, 0.05) is 5.92 Å². The summed E-state index contributed by atoms with van der Waals surface area (Å²) in [4.78, 5) is 12.3. The standard InChI is InChI=1S/C15H21F3O/c16-15(17,18)13-9-7-12(8-10-13)14(19)11-5-3-1-2-4-6-11/h5,12-13H,1-4,6-10H2. The van der Waals surface area contributed by atoms with Crippen molar-refractivity contribution in [2.75, 3.05) is 0 Å². The number of rotatable bonds is 2. The van der Waals surface area contributed by atoms with Gasteiger partial charge in [0.25, 0.3) is 0 Å². The maximum Gasteiger partial charge on any atom is 0.391 e. The summed E-state index contributed by atoms with van der Waals surface area (Å²) in [6.07, 6.45) is 4.04. The van der Waals surface area contributed by atoms with Gasteiger partial charge >= 0.3 is 6.18 Å². The largest absolute Gasteiger partial charge is 0.391 e. The van der Waals surface area contributed by atoms with E-state index < -0.39 is 12.1 Å². The van der Waals surface area contributed by atoms with E-state index in [4.69, 9.17) is 0 Å². The number of alkyl halides is 3. The fourth-order valence-electron chi connectivity index (χ4n) is 3.18. The Morgan fingerprint density at radius 3 is 2.37 bits per heavy atom. The second-order valence-corrected chi connectivity index (χ2v) is 5.78. The van der Waals surface area contributed by atoms with Gasteiger partial charge in [0.05, 0.1) is 5.92 Å². The van der Waals surface area contributed by atoms with Gasteiger partial charge in [-0.15, -0.1) is 0 Å². The third-order valence-electron chi connectivity index (χ3n) is 4.42. The Morgan fingerprint density at radius 1 is 1.05 bits per heavy atom. The van der Waals surface area contributed by atoms with Crippen LogP contribution in [0.15, 0.2) is 11.6 Å². The van der Waals surface area contributed by atoms with E-state index in [1.807, 2.05) is 6.08 Å². The van der Waals surface area contributed by atoms with Crippen molar-refractivity contribution in [1.29, 1.82) is 0 Å². The average molecular weight is 274 g/mol. The van der Waals surface area contributed by atoms with Crippen LogP contribution in [0.1, 0.15) is 57.8 Å². The number of Topliss-reactive ketones (excluding diaryl/α,β-unsaturated/α-hetero) is 1. The lowest BCUT2D eigenvalue weighted by molar-refractivity contribution is -0.184. The van der Waals surface area contributed by atoms with Crippen LogP contribution in [0, 0.1) is 11.8 Å². The molecule has 0 aromatic carbocycles. The second kappa shape index (κ2) is 6.10. The summed E-state index contributed by atoms with van der Waals surface area (Å²) in [5, 5.41) is 0. The zero-order valence-corrected chi connectivity index (χ0v) is 11.1. The first kappa shape index (κ1) is 14.6. The molecule has 2 aliphatic carbocycles. The average Bonchev–Trinajstić information content (AvgIpc) is 2.66. The van der Waals surface area contributed by atoms with Crippen molar-refractivity contribution < 1.29 is 18.0 Å². The van der Waals surface area contributed by atoms with E-state index >= 15 is 0 Å². The van der Waals surface area contributed by atoms with Gasteiger partial charge in [-0.25, -0.2) is 0 Å². The highest BCUT2D eigenvalue weighted by atomic mass is 19.4. The Labute approximate surface area is 112 Å². The molecule has 4 heteroatoms. The summed E-state index contributed by atoms with van der Waals surface area (Å²) in [5.41, 5.74) is 0.882. The molecule has 0 amide bonds. The molecule has 0 N–H and O–H groups in total. The maximum absolute atomic E-state index is 12.6. The molecule has 0 atom stereocenters. The monoisotopic (exact) mass is 274 g/mol. The molecule has 0 aliphatic heterocycles. The minimum absolute atomic E-state index is 0.118. The molecule has 19 heavy (non-hydrogen) atoms. The van der Waals surface area contributed by atoms with Crippen LogP contribution in [-0.4, -0.2) is 12.0 Å². The van der Waals surface area contributed by atoms with Crippen molar-refractivity contribution in [1.82, 2.24) is 0 Å². The van der Waals surface area contributed by atoms with Crippen LogP contribution < -0.4 is 0 Å². The Bertz CT molecular complexity index is 349. The third kappa shape index (κ3) is 3.83. The van der Waals surface area contributed by atoms with Gasteiger partial charge in [0.15, 0.2) is 5.78 Å². The quantitative estimate of drug-likeness (QED) is 0.706. The first-order chi connectivity index (χ1) is 8.98. The van der Waals surface area contributed by atoms with Gasteiger partial charge in [0.2, 0.25) is 0 Å². The molecule has 1 nitrogen and oxygen atoms in total. The van der Waals surface area contributed by atoms with E-state index in [2.05, 4.69) is 0 Å². The molecule has 2 rings (SSSR count). The van der Waals surface area contributed by atoms with Crippen LogP contribution in [-0.2, 0) is 4.79 Å². The maximum atomic E-state index is 12.6. The van der Waals surface area contributed by atoms with Crippen molar-refractivity contribution in [3.8, 4) is 0 Å². The molecule has 2 aliphatic rings. The summed E-state index contributed by atoms with van der Waals surface area (Å²) >= 11 is 0. The molecule has 1 fully saturated rings. The number of carbonyl (C=O) groups excluding carboxylic acids is 1. The molecule has 0 spiro atoms. The number of hydrogen-bond donors (Lipinski definition) is 0. The highest BCUT2D eigenvalue weighted by Crippen LogP contribution is 2.40. The fourth-order valence-corrected chi connectivity index (χ4v) is 3.18. The summed E-state index contributed by atoms with van der Waals surface area (Å²) in [5.74, 6) is -1.23. The molecule has 0 aromatic rings. The molecule has 0 bridgehead atoms. The zero-order chi connectivity index (χ0) is 13.9. The van der Waals surface area contributed by atoms with Crippen molar-refractivity contribution in [3.05, 3.63) is 11.6 Å². The predicted octanol–water partition coefficient (Wildman–Crippen LogP) is 4.81. The number of allylic oxidation sites excluding steroid dienone is 2. The fraction of sp³-hybridized carbons (Fsp3) is 0.800. The van der Waals surface area contributed by atoms with Crippen molar-refractivity contribution in [3.63, 3.8) is 0 Å². The van der Waals surface area contributed by atoms with E-state index in [1.165, 1.54) is 0 Å². The minimum atomic E-state index is -4.09. The van der Waals surface area contributed by atoms with E-state index in [1.54, 1.807) is 0 Å². The van der Waals surface area contributed by atoms with E-state index in [9.17, 15) is 18.0 Å². The number of carbonyl (C=O) groups is 1. The SMILES string of the molecule is O=C(C1=CCCCCC1)C1CCC(C(F)(F)F)CC1. The summed E-state index contributed by atoms with van der Waals surface area (Å²) in [7, 11) is 0. The topological polar surface area (TPSA) is 17.1 Å². The Hall–Kier alpha value is -0.800. The Kier molecular flexibility index (Phi) is 4.69. The smallest absolute Gasteiger partial charge is 0.294 e. The van der Waals surface area contributed by atoms with Gasteiger partial charge in [0.1, 0.15) is 0 Å². The lowest BCUT2D eigenvalue weighted by Crippen LogP contribution is -2.30. The van der Waals surface area contributed by atoms with Gasteiger partial charge < -0.3 is 0 Å². The lowest BCUT2D eigenvalue weighted by Gasteiger charge is -2.29. The number of halogens is 3. The first-order valence-corrected chi connectivity index (χ1v) is 7.28. The summed E-state index contributed by atoms with van der Waals surface area (Å²) in [6.45, 7) is 0. The van der Waals surface area contributed by atoms with Gasteiger partial charge in [-0.05, 0) is 56.9 Å². The second-order valence-electron chi connectivity index (χ2n) is 5.78. The van der Waals surface area contributed by atoms with E-state index in [0.29, 0.717) is 12.8 Å². The molecule has 0 saturated heterocycles. The minimum Gasteiger partial charge on any atom is -0.294 e. The lowest BCUT2D eigenvalue weighted by atomic mass is 9.77. The van der Waals surface area contributed by atoms with E-state index in [0.717, 1.165) is 37.7 Å². The van der Waals surface area contributed by atoms with Crippen LogP contribution in [0.5, 0.6) is 0 Å². The normalized spacial score (nSPS) is 29.5. The summed E-state index contributed by atoms with van der Waals surface area (Å²) < 4.78 is 37.7. The molecule has 1 saturated carbocycles. The van der Waals surface area contributed by atoms with Crippen LogP contribution in [0.4, 0.5) is 13.2 Å². The Morgan fingerprint density at radius 2 is 1.74 bits per heavy atom. The first-order valence-electron chi connectivity index (χ1n) is 7.28. The van der Waals surface area contributed by atoms with Gasteiger partial charge in [-0.1, -0.05) is 12.5 Å². The summed E-state index contributed by atoms with van der Waals surface area (Å²) in [6, 6.07) is 0. The van der Waals surface area contributed by atoms with Crippen LogP contribution in [0.25, 0.3) is 0 Å². The predicted molar refractivity (Wildman–Crippen MR) is 67.7 cm³/mol. The van der Waals surface area contributed by atoms with Crippen LogP contribution in [0.3, 0.4) is 0 Å². The molecular formula is C15H21F3O. The van der Waals surface area contributed by atoms with Gasteiger partial charge in [-0.2, -0.15) is 13.2 Å². The highest BCUT2D eigenvalue weighted by molar-refractivity contribution is 5.97. The molecular weight excluding hydrogens is 253 g/mol. The zero-order valence-electron chi connectivity index (χ0n) is 11.1. The molecule has 0 unspecified atom stereocenters. The number of hydrogen-bond acceptors (Lipinski definition) is 1. The number of ketones is 1. The molecule has 0 aromatic heterocycles. The molecule has 0 radical (unpaired) electrons. The van der Waals surface area contributed by atoms with Crippen LogP contribution >= 0.6 is 0 Å². The van der Waals surface area contributed by atoms with Crippen molar-refractivity contribution in [2.45, 2.75) is 64.0 Å². The molecule has 0 heterocycles. The van der Waals surface area contributed by atoms with Crippen molar-refractivity contribution >= 4 is 5.78 Å². The third-order valence-corrected chi connectivity index (χ3v) is 4.42. The Balaban J connectivity index is 1.90. The van der Waals surface area contributed by atoms with Crippen molar-refractivity contribution in [2.24, 2.45) is 11.8 Å². The highest BCUT2D eigenvalue weighted by Gasteiger charge is 2.42. The van der Waals surface area contributed by atoms with Gasteiger partial charge in [-0.3, -0.25) is 4.79 Å². The molecule has 108 valence electrons. The van der Waals surface area contributed by atoms with Crippen LogP contribution in [0.2, 0.25) is 0 Å². The van der Waals surface area contributed by atoms with E-state index in [-0.39, 0.29) is 24.5 Å².